The van der Waals surface area contributed by atoms with Gasteiger partial charge in [-0.05, 0) is 61.9 Å². The van der Waals surface area contributed by atoms with Crippen LogP contribution in [0.2, 0.25) is 0 Å². The second-order valence-electron chi connectivity index (χ2n) is 11.0. The van der Waals surface area contributed by atoms with Gasteiger partial charge in [0.05, 0.1) is 35.0 Å². The van der Waals surface area contributed by atoms with E-state index in [9.17, 15) is 41.0 Å². The van der Waals surface area contributed by atoms with Gasteiger partial charge >= 0.3 is 24.4 Å². The standard InChI is InChI=1S/C27H30F6N4O4/c28-26(29,30)18-7-16(8-19(11-18)27(31,32)33)15-41-25(40)35-5-2-6-37-23(14-35)12-20(34-37)13-36-21-3-1-4-22(36)10-17(9-21)24(38)39/h7-8,11-12,17,21-22H,1-6,9-10,13-15H2,(H,38,39). The molecule has 0 aliphatic carbocycles. The van der Waals surface area contributed by atoms with E-state index in [-0.39, 0.29) is 37.2 Å². The van der Waals surface area contributed by atoms with Crippen LogP contribution >= 0.6 is 0 Å². The molecule has 1 N–H and O–H groups in total. The Labute approximate surface area is 231 Å². The number of piperidine rings is 2. The Morgan fingerprint density at radius 3 is 2.15 bits per heavy atom. The number of hydrogen-bond donors (Lipinski definition) is 1. The van der Waals surface area contributed by atoms with Crippen molar-refractivity contribution in [2.24, 2.45) is 5.92 Å². The number of hydrogen-bond acceptors (Lipinski definition) is 5. The van der Waals surface area contributed by atoms with Crippen molar-refractivity contribution in [3.8, 4) is 0 Å². The Morgan fingerprint density at radius 2 is 1.56 bits per heavy atom. The summed E-state index contributed by atoms with van der Waals surface area (Å²) in [5, 5.41) is 14.2. The van der Waals surface area contributed by atoms with Crippen LogP contribution in [0.15, 0.2) is 24.3 Å². The number of benzene rings is 1. The average molecular weight is 589 g/mol. The molecule has 1 aromatic carbocycles. The summed E-state index contributed by atoms with van der Waals surface area (Å²) in [6.45, 7) is 0.734. The molecule has 3 aliphatic rings. The van der Waals surface area contributed by atoms with E-state index in [1.807, 2.05) is 6.07 Å². The minimum absolute atomic E-state index is 0.0282. The van der Waals surface area contributed by atoms with Crippen LogP contribution in [0.1, 0.15) is 66.6 Å². The molecular formula is C27H30F6N4O4. The molecule has 2 aromatic rings. The molecule has 2 saturated heterocycles. The van der Waals surface area contributed by atoms with E-state index in [0.29, 0.717) is 44.5 Å². The number of ether oxygens (including phenoxy) is 1. The number of aromatic nitrogens is 2. The van der Waals surface area contributed by atoms with Gasteiger partial charge in [0.1, 0.15) is 6.61 Å². The van der Waals surface area contributed by atoms with E-state index in [1.165, 1.54) is 4.90 Å². The molecule has 2 atom stereocenters. The van der Waals surface area contributed by atoms with Gasteiger partial charge in [-0.25, -0.2) is 4.79 Å². The number of rotatable bonds is 5. The SMILES string of the molecule is O=C(O)C1CC2CCCC(C1)N2Cc1cc2n(n1)CCCN(C(=O)OCc1cc(C(F)(F)F)cc(C(F)(F)F)c1)C2. The number of alkyl halides is 6. The molecule has 0 spiro atoms. The zero-order valence-corrected chi connectivity index (χ0v) is 22.0. The second kappa shape index (κ2) is 11.2. The number of carboxylic acid groups (broad SMARTS) is 1. The molecule has 2 unspecified atom stereocenters. The molecule has 5 rings (SSSR count). The first-order chi connectivity index (χ1) is 19.3. The molecule has 8 nitrogen and oxygen atoms in total. The summed E-state index contributed by atoms with van der Waals surface area (Å²) in [5.74, 6) is -1.09. The summed E-state index contributed by atoms with van der Waals surface area (Å²) in [6, 6.07) is 3.34. The van der Waals surface area contributed by atoms with Gasteiger partial charge in [-0.2, -0.15) is 31.4 Å². The highest BCUT2D eigenvalue weighted by Crippen LogP contribution is 2.39. The van der Waals surface area contributed by atoms with E-state index >= 15 is 0 Å². The molecule has 1 aromatic heterocycles. The number of halogens is 6. The summed E-state index contributed by atoms with van der Waals surface area (Å²) in [6.07, 6.45) is -6.17. The fourth-order valence-corrected chi connectivity index (χ4v) is 6.22. The van der Waals surface area contributed by atoms with E-state index < -0.39 is 47.7 Å². The highest BCUT2D eigenvalue weighted by Gasteiger charge is 2.41. The minimum Gasteiger partial charge on any atom is -0.481 e. The van der Waals surface area contributed by atoms with Crippen molar-refractivity contribution < 1.29 is 45.8 Å². The van der Waals surface area contributed by atoms with Gasteiger partial charge in [0.15, 0.2) is 0 Å². The van der Waals surface area contributed by atoms with Crippen LogP contribution in [0.3, 0.4) is 0 Å². The van der Waals surface area contributed by atoms with Crippen LogP contribution in [0, 0.1) is 5.92 Å². The predicted molar refractivity (Wildman–Crippen MR) is 131 cm³/mol. The topological polar surface area (TPSA) is 87.9 Å². The Balaban J connectivity index is 1.24. The van der Waals surface area contributed by atoms with Crippen molar-refractivity contribution in [3.63, 3.8) is 0 Å². The number of carboxylic acids is 1. The fourth-order valence-electron chi connectivity index (χ4n) is 6.22. The first kappa shape index (κ1) is 29.2. The van der Waals surface area contributed by atoms with Crippen LogP contribution in [0.25, 0.3) is 0 Å². The van der Waals surface area contributed by atoms with Gasteiger partial charge in [0.25, 0.3) is 0 Å². The third-order valence-electron chi connectivity index (χ3n) is 8.15. The van der Waals surface area contributed by atoms with E-state index in [4.69, 9.17) is 9.84 Å². The molecule has 0 radical (unpaired) electrons. The largest absolute Gasteiger partial charge is 0.481 e. The number of nitrogens with zero attached hydrogens (tertiary/aromatic N) is 4. The van der Waals surface area contributed by atoms with E-state index in [2.05, 4.69) is 4.90 Å². The average Bonchev–Trinajstić information content (AvgIpc) is 3.14. The first-order valence-electron chi connectivity index (χ1n) is 13.5. The molecule has 0 saturated carbocycles. The van der Waals surface area contributed by atoms with Gasteiger partial charge < -0.3 is 14.7 Å². The predicted octanol–water partition coefficient (Wildman–Crippen LogP) is 5.68. The second-order valence-corrected chi connectivity index (χ2v) is 11.0. The Hall–Kier alpha value is -3.29. The molecule has 2 fully saturated rings. The molecule has 3 aliphatic heterocycles. The number of aliphatic carboxylic acids is 1. The highest BCUT2D eigenvalue weighted by molar-refractivity contribution is 5.70. The van der Waals surface area contributed by atoms with Crippen molar-refractivity contribution in [1.82, 2.24) is 19.6 Å². The number of aryl methyl sites for hydroxylation is 1. The Bertz CT molecular complexity index is 1250. The molecule has 4 heterocycles. The zero-order valence-electron chi connectivity index (χ0n) is 22.0. The van der Waals surface area contributed by atoms with Gasteiger partial charge in [-0.3, -0.25) is 14.4 Å². The van der Waals surface area contributed by atoms with Crippen LogP contribution < -0.4 is 0 Å². The number of carbonyl (C=O) groups is 2. The third-order valence-corrected chi connectivity index (χ3v) is 8.15. The van der Waals surface area contributed by atoms with Crippen LogP contribution in [-0.4, -0.2) is 55.4 Å². The van der Waals surface area contributed by atoms with Crippen LogP contribution in [0.4, 0.5) is 31.1 Å². The lowest BCUT2D eigenvalue weighted by atomic mass is 9.78. The van der Waals surface area contributed by atoms with E-state index in [1.54, 1.807) is 4.68 Å². The summed E-state index contributed by atoms with van der Waals surface area (Å²) in [7, 11) is 0. The maximum absolute atomic E-state index is 13.2. The summed E-state index contributed by atoms with van der Waals surface area (Å²) >= 11 is 0. The van der Waals surface area contributed by atoms with Crippen molar-refractivity contribution in [2.45, 2.75) is 89.2 Å². The number of carbonyl (C=O) groups excluding carboxylic acids is 1. The lowest BCUT2D eigenvalue weighted by Gasteiger charge is -2.47. The van der Waals surface area contributed by atoms with Crippen molar-refractivity contribution >= 4 is 12.1 Å². The smallest absolute Gasteiger partial charge is 0.416 e. The fraction of sp³-hybridized carbons (Fsp3) is 0.593. The van der Waals surface area contributed by atoms with E-state index in [0.717, 1.165) is 30.7 Å². The Morgan fingerprint density at radius 1 is 0.927 bits per heavy atom. The molecule has 224 valence electrons. The van der Waals surface area contributed by atoms with Gasteiger partial charge in [0, 0.05) is 31.7 Å². The minimum atomic E-state index is -4.99. The maximum Gasteiger partial charge on any atom is 0.416 e. The maximum atomic E-state index is 13.2. The van der Waals surface area contributed by atoms with Gasteiger partial charge in [0.2, 0.25) is 0 Å². The number of amides is 1. The molecule has 1 amide bonds. The lowest BCUT2D eigenvalue weighted by molar-refractivity contribution is -0.146. The van der Waals surface area contributed by atoms with Crippen molar-refractivity contribution in [1.29, 1.82) is 0 Å². The zero-order chi connectivity index (χ0) is 29.5. The highest BCUT2D eigenvalue weighted by atomic mass is 19.4. The Kier molecular flexibility index (Phi) is 7.96. The van der Waals surface area contributed by atoms with Crippen molar-refractivity contribution in [2.75, 3.05) is 6.54 Å². The lowest BCUT2D eigenvalue weighted by Crippen LogP contribution is -2.52. The third kappa shape index (κ3) is 6.62. The quantitative estimate of drug-likeness (QED) is 0.453. The van der Waals surface area contributed by atoms with Gasteiger partial charge in [-0.1, -0.05) is 6.42 Å². The molecule has 14 heteroatoms. The summed E-state index contributed by atoms with van der Waals surface area (Å²) in [5.41, 5.74) is -1.83. The summed E-state index contributed by atoms with van der Waals surface area (Å²) in [4.78, 5) is 28.1. The van der Waals surface area contributed by atoms with Crippen LogP contribution in [0.5, 0.6) is 0 Å². The summed E-state index contributed by atoms with van der Waals surface area (Å²) < 4.78 is 85.9. The molecular weight excluding hydrogens is 558 g/mol. The normalized spacial score (nSPS) is 23.6. The monoisotopic (exact) mass is 588 g/mol. The molecule has 2 bridgehead atoms. The molecule has 41 heavy (non-hydrogen) atoms. The number of fused-ring (bicyclic) bond motifs is 3. The first-order valence-corrected chi connectivity index (χ1v) is 13.5. The van der Waals surface area contributed by atoms with Gasteiger partial charge in [-0.15, -0.1) is 0 Å². The van der Waals surface area contributed by atoms with Crippen molar-refractivity contribution in [3.05, 3.63) is 52.3 Å². The van der Waals surface area contributed by atoms with Crippen LogP contribution in [-0.2, 0) is 48.1 Å².